The topological polar surface area (TPSA) is 118 Å². The maximum absolute atomic E-state index is 12.7. The molecule has 0 unspecified atom stereocenters. The van der Waals surface area contributed by atoms with Gasteiger partial charge in [0.25, 0.3) is 10.0 Å². The van der Waals surface area contributed by atoms with Gasteiger partial charge in [-0.2, -0.15) is 0 Å². The molecule has 2 aromatic heterocycles. The van der Waals surface area contributed by atoms with Gasteiger partial charge < -0.3 is 15.4 Å². The van der Waals surface area contributed by atoms with Gasteiger partial charge in [0.15, 0.2) is 0 Å². The van der Waals surface area contributed by atoms with E-state index in [1.807, 2.05) is 6.07 Å². The Labute approximate surface area is 204 Å². The standard InChI is InChI=1S/C23H19F3N6O3S/c1-15-28-21(14-22(29-15)31-20-8-4-5-13-27-20)30-16-9-11-17(12-10-16)32-36(33,34)19-7-3-2-6-18(19)35-23(24,25)26/h2-14,32H,1H3,(H2,27,28,29,30,31). The zero-order valence-electron chi connectivity index (χ0n) is 18.6. The van der Waals surface area contributed by atoms with Gasteiger partial charge in [-0.25, -0.2) is 23.4 Å². The highest BCUT2D eigenvalue weighted by molar-refractivity contribution is 7.92. The van der Waals surface area contributed by atoms with Gasteiger partial charge >= 0.3 is 6.36 Å². The van der Waals surface area contributed by atoms with Crippen molar-refractivity contribution in [1.29, 1.82) is 0 Å². The van der Waals surface area contributed by atoms with Crippen LogP contribution in [0.3, 0.4) is 0 Å². The maximum atomic E-state index is 12.7. The number of sulfonamides is 1. The molecule has 0 aliphatic rings. The Kier molecular flexibility index (Phi) is 6.92. The predicted molar refractivity (Wildman–Crippen MR) is 128 cm³/mol. The average Bonchev–Trinajstić information content (AvgIpc) is 2.80. The number of aryl methyl sites for hydroxylation is 1. The summed E-state index contributed by atoms with van der Waals surface area (Å²) in [7, 11) is -4.36. The highest BCUT2D eigenvalue weighted by atomic mass is 32.2. The third kappa shape index (κ3) is 6.60. The van der Waals surface area contributed by atoms with E-state index < -0.39 is 27.0 Å². The van der Waals surface area contributed by atoms with E-state index in [4.69, 9.17) is 0 Å². The van der Waals surface area contributed by atoms with Crippen molar-refractivity contribution in [2.75, 3.05) is 15.4 Å². The van der Waals surface area contributed by atoms with Crippen LogP contribution in [0.15, 0.2) is 83.9 Å². The molecule has 0 fully saturated rings. The van der Waals surface area contributed by atoms with E-state index in [2.05, 4.69) is 35.0 Å². The summed E-state index contributed by atoms with van der Waals surface area (Å²) < 4.78 is 69.5. The van der Waals surface area contributed by atoms with E-state index in [1.165, 1.54) is 24.3 Å². The van der Waals surface area contributed by atoms with Crippen LogP contribution < -0.4 is 20.1 Å². The molecular weight excluding hydrogens is 497 g/mol. The number of para-hydroxylation sites is 1. The van der Waals surface area contributed by atoms with Gasteiger partial charge in [0.05, 0.1) is 0 Å². The lowest BCUT2D eigenvalue weighted by molar-refractivity contribution is -0.275. The maximum Gasteiger partial charge on any atom is 0.573 e. The zero-order valence-corrected chi connectivity index (χ0v) is 19.4. The number of ether oxygens (including phenoxy) is 1. The minimum absolute atomic E-state index is 0.138. The Balaban J connectivity index is 1.48. The van der Waals surface area contributed by atoms with Gasteiger partial charge in [0.2, 0.25) is 0 Å². The molecule has 4 rings (SSSR count). The molecule has 0 aliphatic heterocycles. The van der Waals surface area contributed by atoms with Crippen molar-refractivity contribution in [3.05, 3.63) is 84.8 Å². The summed E-state index contributed by atoms with van der Waals surface area (Å²) in [6, 6.07) is 17.7. The van der Waals surface area contributed by atoms with Gasteiger partial charge in [0, 0.05) is 23.6 Å². The second-order valence-corrected chi connectivity index (χ2v) is 8.98. The number of rotatable bonds is 8. The first-order valence-electron chi connectivity index (χ1n) is 10.4. The van der Waals surface area contributed by atoms with E-state index >= 15 is 0 Å². The normalized spacial score (nSPS) is 11.6. The fourth-order valence-corrected chi connectivity index (χ4v) is 4.31. The first-order valence-corrected chi connectivity index (χ1v) is 11.8. The van der Waals surface area contributed by atoms with Crippen LogP contribution in [0.1, 0.15) is 5.82 Å². The first kappa shape index (κ1) is 24.7. The smallest absolute Gasteiger partial charge is 0.404 e. The third-order valence-electron chi connectivity index (χ3n) is 4.53. The van der Waals surface area contributed by atoms with Gasteiger partial charge in [-0.15, -0.1) is 13.2 Å². The number of aromatic nitrogens is 3. The molecule has 0 atom stereocenters. The van der Waals surface area contributed by atoms with E-state index in [1.54, 1.807) is 43.5 Å². The second-order valence-electron chi connectivity index (χ2n) is 7.33. The van der Waals surface area contributed by atoms with Crippen molar-refractivity contribution in [3.8, 4) is 5.75 Å². The first-order chi connectivity index (χ1) is 17.1. The number of anilines is 5. The lowest BCUT2D eigenvalue weighted by Crippen LogP contribution is -2.20. The summed E-state index contributed by atoms with van der Waals surface area (Å²) in [5.41, 5.74) is 0.722. The van der Waals surface area contributed by atoms with E-state index in [0.717, 1.165) is 12.1 Å². The minimum atomic E-state index is -5.04. The molecule has 0 bridgehead atoms. The van der Waals surface area contributed by atoms with Crippen molar-refractivity contribution in [3.63, 3.8) is 0 Å². The lowest BCUT2D eigenvalue weighted by atomic mass is 10.3. The molecule has 36 heavy (non-hydrogen) atoms. The van der Waals surface area contributed by atoms with Crippen LogP contribution >= 0.6 is 0 Å². The molecule has 0 saturated heterocycles. The molecular formula is C23H19F3N6O3S. The Morgan fingerprint density at radius 3 is 2.11 bits per heavy atom. The van der Waals surface area contributed by atoms with Crippen LogP contribution in [0.2, 0.25) is 0 Å². The van der Waals surface area contributed by atoms with Gasteiger partial charge in [-0.3, -0.25) is 4.72 Å². The zero-order chi connectivity index (χ0) is 25.8. The molecule has 0 spiro atoms. The highest BCUT2D eigenvalue weighted by Crippen LogP contribution is 2.31. The Morgan fingerprint density at radius 2 is 1.44 bits per heavy atom. The number of hydrogen-bond acceptors (Lipinski definition) is 8. The highest BCUT2D eigenvalue weighted by Gasteiger charge is 2.34. The molecule has 3 N–H and O–H groups in total. The van der Waals surface area contributed by atoms with E-state index in [9.17, 15) is 21.6 Å². The van der Waals surface area contributed by atoms with E-state index in [0.29, 0.717) is 29.0 Å². The molecule has 0 amide bonds. The second kappa shape index (κ2) is 10.1. The molecule has 4 aromatic rings. The summed E-state index contributed by atoms with van der Waals surface area (Å²) in [6.07, 6.45) is -3.39. The van der Waals surface area contributed by atoms with Crippen LogP contribution in [0.4, 0.5) is 42.0 Å². The van der Waals surface area contributed by atoms with Crippen molar-refractivity contribution in [2.45, 2.75) is 18.2 Å². The molecule has 0 radical (unpaired) electrons. The summed E-state index contributed by atoms with van der Waals surface area (Å²) in [4.78, 5) is 12.2. The van der Waals surface area contributed by atoms with Crippen LogP contribution in [0.25, 0.3) is 0 Å². The third-order valence-corrected chi connectivity index (χ3v) is 5.95. The number of pyridine rings is 1. The molecule has 0 aliphatic carbocycles. The number of hydrogen-bond donors (Lipinski definition) is 3. The van der Waals surface area contributed by atoms with Crippen LogP contribution in [-0.4, -0.2) is 29.7 Å². The summed E-state index contributed by atoms with van der Waals surface area (Å²) in [6.45, 7) is 1.73. The van der Waals surface area contributed by atoms with Crippen molar-refractivity contribution >= 4 is 38.9 Å². The lowest BCUT2D eigenvalue weighted by Gasteiger charge is -2.15. The van der Waals surface area contributed by atoms with E-state index in [-0.39, 0.29) is 5.69 Å². The summed E-state index contributed by atoms with van der Waals surface area (Å²) in [5, 5.41) is 6.17. The van der Waals surface area contributed by atoms with Gasteiger partial charge in [0.1, 0.15) is 33.9 Å². The molecule has 13 heteroatoms. The van der Waals surface area contributed by atoms with Crippen LogP contribution in [0, 0.1) is 6.92 Å². The number of halogens is 3. The summed E-state index contributed by atoms with van der Waals surface area (Å²) in [5.74, 6) is 1.29. The SMILES string of the molecule is Cc1nc(Nc2ccc(NS(=O)(=O)c3ccccc3OC(F)(F)F)cc2)cc(Nc2ccccn2)n1. The number of alkyl halides is 3. The Bertz CT molecular complexity index is 1450. The van der Waals surface area contributed by atoms with Crippen LogP contribution in [0.5, 0.6) is 5.75 Å². The van der Waals surface area contributed by atoms with Crippen LogP contribution in [-0.2, 0) is 10.0 Å². The van der Waals surface area contributed by atoms with Gasteiger partial charge in [-0.1, -0.05) is 18.2 Å². The minimum Gasteiger partial charge on any atom is -0.404 e. The monoisotopic (exact) mass is 516 g/mol. The molecule has 186 valence electrons. The quantitative estimate of drug-likeness (QED) is 0.286. The fraction of sp³-hybridized carbons (Fsp3) is 0.0870. The predicted octanol–water partition coefficient (Wildman–Crippen LogP) is 5.37. The Morgan fingerprint density at radius 1 is 0.806 bits per heavy atom. The number of benzene rings is 2. The largest absolute Gasteiger partial charge is 0.573 e. The van der Waals surface area contributed by atoms with Crippen molar-refractivity contribution < 1.29 is 26.3 Å². The molecule has 2 aromatic carbocycles. The number of nitrogens with zero attached hydrogens (tertiary/aromatic N) is 3. The summed E-state index contributed by atoms with van der Waals surface area (Å²) >= 11 is 0. The molecule has 2 heterocycles. The molecule has 9 nitrogen and oxygen atoms in total. The fourth-order valence-electron chi connectivity index (χ4n) is 3.12. The average molecular weight is 517 g/mol. The molecule has 0 saturated carbocycles. The Hall–Kier alpha value is -4.39. The van der Waals surface area contributed by atoms with Crippen molar-refractivity contribution in [2.24, 2.45) is 0 Å². The number of nitrogens with one attached hydrogen (secondary N) is 3. The van der Waals surface area contributed by atoms with Gasteiger partial charge in [-0.05, 0) is 55.5 Å². The van der Waals surface area contributed by atoms with Crippen molar-refractivity contribution in [1.82, 2.24) is 15.0 Å².